The lowest BCUT2D eigenvalue weighted by atomic mass is 9.95. The Morgan fingerprint density at radius 2 is 1.94 bits per heavy atom. The van der Waals surface area contributed by atoms with Gasteiger partial charge in [0.15, 0.2) is 6.29 Å². The molecule has 5 nitrogen and oxygen atoms in total. The smallest absolute Gasteiger partial charge is 0.306 e. The second-order valence-electron chi connectivity index (χ2n) is 4.25. The van der Waals surface area contributed by atoms with Crippen molar-refractivity contribution in [1.82, 2.24) is 5.32 Å². The number of esters is 1. The van der Waals surface area contributed by atoms with Crippen LogP contribution in [0.15, 0.2) is 0 Å². The molecule has 2 aliphatic heterocycles. The molecule has 2 aliphatic rings. The molecular weight excluding hydrogens is 210 g/mol. The van der Waals surface area contributed by atoms with Crippen LogP contribution in [0.4, 0.5) is 0 Å². The van der Waals surface area contributed by atoms with Gasteiger partial charge in [-0.05, 0) is 31.8 Å². The van der Waals surface area contributed by atoms with E-state index in [1.54, 1.807) is 0 Å². The molecule has 0 amide bonds. The Kier molecular flexibility index (Phi) is 4.56. The fourth-order valence-corrected chi connectivity index (χ4v) is 2.04. The maximum absolute atomic E-state index is 11.5. The normalized spacial score (nSPS) is 23.5. The molecular formula is C11H19NO4. The first-order valence-electron chi connectivity index (χ1n) is 5.94. The highest BCUT2D eigenvalue weighted by atomic mass is 16.7. The largest absolute Gasteiger partial charge is 0.460 e. The first-order valence-corrected chi connectivity index (χ1v) is 5.94. The van der Waals surface area contributed by atoms with Gasteiger partial charge in [0.1, 0.15) is 6.61 Å². The highest BCUT2D eigenvalue weighted by molar-refractivity contribution is 5.69. The van der Waals surface area contributed by atoms with E-state index in [1.165, 1.54) is 0 Å². The van der Waals surface area contributed by atoms with Crippen molar-refractivity contribution < 1.29 is 19.0 Å². The van der Waals surface area contributed by atoms with Gasteiger partial charge in [-0.15, -0.1) is 0 Å². The fraction of sp³-hybridized carbons (Fsp3) is 0.909. The summed E-state index contributed by atoms with van der Waals surface area (Å²) < 4.78 is 15.5. The SMILES string of the molecule is O=C(CC1CCNCC1)OCC1OCCO1. The first kappa shape index (κ1) is 11.8. The molecule has 0 aromatic rings. The molecule has 0 bridgehead atoms. The van der Waals surface area contributed by atoms with Crippen LogP contribution in [0.2, 0.25) is 0 Å². The van der Waals surface area contributed by atoms with Gasteiger partial charge in [0.2, 0.25) is 0 Å². The Balaban J connectivity index is 1.59. The molecule has 0 aromatic heterocycles. The van der Waals surface area contributed by atoms with Crippen molar-refractivity contribution in [3.05, 3.63) is 0 Å². The quantitative estimate of drug-likeness (QED) is 0.702. The van der Waals surface area contributed by atoms with Gasteiger partial charge in [0, 0.05) is 6.42 Å². The standard InChI is InChI=1S/C11H19NO4/c13-10(7-9-1-3-12-4-2-9)16-8-11-14-5-6-15-11/h9,11-12H,1-8H2. The highest BCUT2D eigenvalue weighted by Gasteiger charge is 2.21. The van der Waals surface area contributed by atoms with E-state index in [2.05, 4.69) is 5.32 Å². The minimum atomic E-state index is -0.350. The number of hydrogen-bond donors (Lipinski definition) is 1. The van der Waals surface area contributed by atoms with Gasteiger partial charge >= 0.3 is 5.97 Å². The zero-order chi connectivity index (χ0) is 11.2. The summed E-state index contributed by atoms with van der Waals surface area (Å²) in [5, 5.41) is 3.27. The van der Waals surface area contributed by atoms with Crippen LogP contribution in [-0.4, -0.2) is 45.2 Å². The van der Waals surface area contributed by atoms with Crippen LogP contribution < -0.4 is 5.32 Å². The van der Waals surface area contributed by atoms with Crippen molar-refractivity contribution in [2.45, 2.75) is 25.6 Å². The maximum Gasteiger partial charge on any atom is 0.306 e. The van der Waals surface area contributed by atoms with Crippen molar-refractivity contribution >= 4 is 5.97 Å². The predicted molar refractivity (Wildman–Crippen MR) is 56.9 cm³/mol. The van der Waals surface area contributed by atoms with E-state index in [-0.39, 0.29) is 18.9 Å². The molecule has 1 N–H and O–H groups in total. The zero-order valence-corrected chi connectivity index (χ0v) is 9.44. The number of nitrogens with one attached hydrogen (secondary N) is 1. The Hall–Kier alpha value is -0.650. The van der Waals surface area contributed by atoms with Gasteiger partial charge in [-0.25, -0.2) is 0 Å². The zero-order valence-electron chi connectivity index (χ0n) is 9.44. The van der Waals surface area contributed by atoms with E-state index in [9.17, 15) is 4.79 Å². The molecule has 0 saturated carbocycles. The fourth-order valence-electron chi connectivity index (χ4n) is 2.04. The van der Waals surface area contributed by atoms with Gasteiger partial charge < -0.3 is 19.5 Å². The summed E-state index contributed by atoms with van der Waals surface area (Å²) in [5.41, 5.74) is 0. The van der Waals surface area contributed by atoms with Gasteiger partial charge in [-0.1, -0.05) is 0 Å². The molecule has 16 heavy (non-hydrogen) atoms. The molecule has 0 radical (unpaired) electrons. The van der Waals surface area contributed by atoms with Crippen molar-refractivity contribution in [3.8, 4) is 0 Å². The summed E-state index contributed by atoms with van der Waals surface area (Å²) in [6.45, 7) is 3.43. The lowest BCUT2D eigenvalue weighted by Crippen LogP contribution is -2.29. The van der Waals surface area contributed by atoms with Gasteiger partial charge in [0.05, 0.1) is 13.2 Å². The number of carbonyl (C=O) groups excluding carboxylic acids is 1. The molecule has 92 valence electrons. The second-order valence-corrected chi connectivity index (χ2v) is 4.25. The van der Waals surface area contributed by atoms with Crippen LogP contribution in [0.1, 0.15) is 19.3 Å². The van der Waals surface area contributed by atoms with Gasteiger partial charge in [-0.2, -0.15) is 0 Å². The Bertz CT molecular complexity index is 222. The summed E-state index contributed by atoms with van der Waals surface area (Å²) in [4.78, 5) is 11.5. The minimum absolute atomic E-state index is 0.133. The average Bonchev–Trinajstić information content (AvgIpc) is 2.81. The van der Waals surface area contributed by atoms with E-state index >= 15 is 0 Å². The minimum Gasteiger partial charge on any atom is -0.460 e. The number of carbonyl (C=O) groups is 1. The summed E-state index contributed by atoms with van der Waals surface area (Å²) in [5.74, 6) is 0.338. The van der Waals surface area contributed by atoms with E-state index in [0.717, 1.165) is 25.9 Å². The molecule has 0 aromatic carbocycles. The number of piperidine rings is 1. The average molecular weight is 229 g/mol. The molecule has 0 atom stereocenters. The first-order chi connectivity index (χ1) is 7.84. The van der Waals surface area contributed by atoms with Crippen LogP contribution in [0, 0.1) is 5.92 Å². The lowest BCUT2D eigenvalue weighted by molar-refractivity contribution is -0.157. The van der Waals surface area contributed by atoms with Crippen LogP contribution in [0.3, 0.4) is 0 Å². The number of hydrogen-bond acceptors (Lipinski definition) is 5. The topological polar surface area (TPSA) is 56.8 Å². The lowest BCUT2D eigenvalue weighted by Gasteiger charge is -2.21. The molecule has 2 saturated heterocycles. The molecule has 2 fully saturated rings. The molecule has 0 spiro atoms. The van der Waals surface area contributed by atoms with Crippen LogP contribution in [-0.2, 0) is 19.0 Å². The molecule has 2 heterocycles. The summed E-state index contributed by atoms with van der Waals surface area (Å²) in [7, 11) is 0. The summed E-state index contributed by atoms with van der Waals surface area (Å²) in [6.07, 6.45) is 2.29. The maximum atomic E-state index is 11.5. The van der Waals surface area contributed by atoms with Gasteiger partial charge in [0.25, 0.3) is 0 Å². The molecule has 5 heteroatoms. The third-order valence-corrected chi connectivity index (χ3v) is 2.99. The number of ether oxygens (including phenoxy) is 3. The van der Waals surface area contributed by atoms with E-state index in [1.807, 2.05) is 0 Å². The van der Waals surface area contributed by atoms with Crippen molar-refractivity contribution in [1.29, 1.82) is 0 Å². The predicted octanol–water partition coefficient (Wildman–Crippen LogP) is 0.292. The third-order valence-electron chi connectivity index (χ3n) is 2.99. The monoisotopic (exact) mass is 229 g/mol. The van der Waals surface area contributed by atoms with E-state index in [0.29, 0.717) is 25.6 Å². The van der Waals surface area contributed by atoms with Crippen LogP contribution in [0.25, 0.3) is 0 Å². The van der Waals surface area contributed by atoms with Crippen molar-refractivity contribution in [2.75, 3.05) is 32.9 Å². The molecule has 0 aliphatic carbocycles. The van der Waals surface area contributed by atoms with Crippen LogP contribution in [0.5, 0.6) is 0 Å². The molecule has 0 unspecified atom stereocenters. The van der Waals surface area contributed by atoms with Gasteiger partial charge in [-0.3, -0.25) is 4.79 Å². The Morgan fingerprint density at radius 3 is 2.62 bits per heavy atom. The van der Waals surface area contributed by atoms with Crippen LogP contribution >= 0.6 is 0 Å². The highest BCUT2D eigenvalue weighted by Crippen LogP contribution is 2.16. The summed E-state index contributed by atoms with van der Waals surface area (Å²) >= 11 is 0. The Morgan fingerprint density at radius 1 is 1.25 bits per heavy atom. The van der Waals surface area contributed by atoms with E-state index in [4.69, 9.17) is 14.2 Å². The Labute approximate surface area is 95.4 Å². The van der Waals surface area contributed by atoms with Crippen molar-refractivity contribution in [2.24, 2.45) is 5.92 Å². The molecule has 2 rings (SSSR count). The summed E-state index contributed by atoms with van der Waals surface area (Å²) in [6, 6.07) is 0. The third kappa shape index (κ3) is 3.73. The van der Waals surface area contributed by atoms with E-state index < -0.39 is 0 Å². The second kappa shape index (κ2) is 6.18. The van der Waals surface area contributed by atoms with Crippen molar-refractivity contribution in [3.63, 3.8) is 0 Å². The number of rotatable bonds is 4.